The summed E-state index contributed by atoms with van der Waals surface area (Å²) in [4.78, 5) is 4.72. The highest BCUT2D eigenvalue weighted by atomic mass is 32.1. The molecular formula is C16H20N2S. The van der Waals surface area contributed by atoms with Crippen molar-refractivity contribution < 1.29 is 0 Å². The van der Waals surface area contributed by atoms with Crippen molar-refractivity contribution in [3.63, 3.8) is 0 Å². The minimum Gasteiger partial charge on any atom is -0.327 e. The minimum absolute atomic E-state index is 0.327. The molecule has 3 unspecified atom stereocenters. The molecule has 4 rings (SSSR count). The van der Waals surface area contributed by atoms with Crippen molar-refractivity contribution >= 4 is 21.6 Å². The van der Waals surface area contributed by atoms with Crippen LogP contribution in [0.1, 0.15) is 30.7 Å². The van der Waals surface area contributed by atoms with E-state index in [9.17, 15) is 0 Å². The van der Waals surface area contributed by atoms with Crippen LogP contribution in [0.3, 0.4) is 0 Å². The highest BCUT2D eigenvalue weighted by Gasteiger charge is 2.53. The molecule has 0 bridgehead atoms. The van der Waals surface area contributed by atoms with Gasteiger partial charge >= 0.3 is 0 Å². The van der Waals surface area contributed by atoms with Crippen LogP contribution in [0.2, 0.25) is 0 Å². The van der Waals surface area contributed by atoms with Gasteiger partial charge in [-0.3, -0.25) is 0 Å². The first kappa shape index (κ1) is 11.9. The Balaban J connectivity index is 1.49. The molecule has 1 aromatic heterocycles. The number of para-hydroxylation sites is 1. The molecule has 19 heavy (non-hydrogen) atoms. The Morgan fingerprint density at radius 1 is 1.21 bits per heavy atom. The average Bonchev–Trinajstić information content (AvgIpc) is 3.02. The third-order valence-electron chi connectivity index (χ3n) is 4.97. The standard InChI is InChI=1S/C16H20N2S/c17-12(16-10-5-1-2-6-11(10)16)9-15-18-13-7-3-4-8-14(13)19-15/h3-4,7-8,10-12,16H,1-2,5-6,9,17H2. The zero-order valence-electron chi connectivity index (χ0n) is 11.1. The maximum Gasteiger partial charge on any atom is 0.0954 e. The summed E-state index contributed by atoms with van der Waals surface area (Å²) in [6.45, 7) is 0. The molecule has 2 saturated carbocycles. The molecule has 2 N–H and O–H groups in total. The number of hydrogen-bond acceptors (Lipinski definition) is 3. The molecule has 0 saturated heterocycles. The molecule has 3 heteroatoms. The van der Waals surface area contributed by atoms with Gasteiger partial charge in [0.2, 0.25) is 0 Å². The molecule has 100 valence electrons. The highest BCUT2D eigenvalue weighted by molar-refractivity contribution is 7.18. The molecule has 1 heterocycles. The van der Waals surface area contributed by atoms with E-state index in [2.05, 4.69) is 24.3 Å². The van der Waals surface area contributed by atoms with Crippen molar-refractivity contribution in [2.45, 2.75) is 38.1 Å². The summed E-state index contributed by atoms with van der Waals surface area (Å²) in [7, 11) is 0. The number of fused-ring (bicyclic) bond motifs is 2. The Labute approximate surface area is 118 Å². The van der Waals surface area contributed by atoms with Gasteiger partial charge in [0.25, 0.3) is 0 Å². The summed E-state index contributed by atoms with van der Waals surface area (Å²) in [5.41, 5.74) is 7.59. The summed E-state index contributed by atoms with van der Waals surface area (Å²) in [5.74, 6) is 2.67. The fourth-order valence-corrected chi connectivity index (χ4v) is 5.07. The quantitative estimate of drug-likeness (QED) is 0.927. The van der Waals surface area contributed by atoms with Crippen molar-refractivity contribution in [2.75, 3.05) is 0 Å². The van der Waals surface area contributed by atoms with E-state index in [-0.39, 0.29) is 0 Å². The fraction of sp³-hybridized carbons (Fsp3) is 0.562. The van der Waals surface area contributed by atoms with E-state index in [1.165, 1.54) is 35.4 Å². The predicted octanol–water partition coefficient (Wildman–Crippen LogP) is 3.60. The minimum atomic E-state index is 0.327. The van der Waals surface area contributed by atoms with Crippen LogP contribution in [0.15, 0.2) is 24.3 Å². The Morgan fingerprint density at radius 3 is 2.68 bits per heavy atom. The number of thiazole rings is 1. The first-order valence-electron chi connectivity index (χ1n) is 7.43. The van der Waals surface area contributed by atoms with E-state index >= 15 is 0 Å². The molecular weight excluding hydrogens is 252 g/mol. The molecule has 0 aliphatic heterocycles. The van der Waals surface area contributed by atoms with Crippen LogP contribution in [-0.4, -0.2) is 11.0 Å². The van der Waals surface area contributed by atoms with Gasteiger partial charge in [0, 0.05) is 12.5 Å². The van der Waals surface area contributed by atoms with E-state index in [4.69, 9.17) is 10.7 Å². The summed E-state index contributed by atoms with van der Waals surface area (Å²) >= 11 is 1.81. The Bertz CT molecular complexity index is 546. The van der Waals surface area contributed by atoms with Gasteiger partial charge in [-0.15, -0.1) is 11.3 Å². The third kappa shape index (κ3) is 2.09. The van der Waals surface area contributed by atoms with Crippen LogP contribution in [0.4, 0.5) is 0 Å². The molecule has 2 aliphatic carbocycles. The summed E-state index contributed by atoms with van der Waals surface area (Å²) in [5, 5.41) is 1.22. The van der Waals surface area contributed by atoms with Crippen molar-refractivity contribution in [1.82, 2.24) is 4.98 Å². The zero-order chi connectivity index (χ0) is 12.8. The molecule has 2 aliphatic rings. The Hall–Kier alpha value is -0.930. The number of nitrogens with two attached hydrogens (primary N) is 1. The van der Waals surface area contributed by atoms with Gasteiger partial charge in [0.1, 0.15) is 0 Å². The maximum atomic E-state index is 6.46. The Kier molecular flexibility index (Phi) is 2.85. The lowest BCUT2D eigenvalue weighted by Gasteiger charge is -2.08. The fourth-order valence-electron chi connectivity index (χ4n) is 4.03. The van der Waals surface area contributed by atoms with Gasteiger partial charge in [0.05, 0.1) is 15.2 Å². The number of aromatic nitrogens is 1. The second-order valence-electron chi connectivity index (χ2n) is 6.13. The van der Waals surface area contributed by atoms with Crippen molar-refractivity contribution in [3.05, 3.63) is 29.3 Å². The lowest BCUT2D eigenvalue weighted by atomic mass is 10.0. The van der Waals surface area contributed by atoms with Crippen LogP contribution in [0.25, 0.3) is 10.2 Å². The lowest BCUT2D eigenvalue weighted by Crippen LogP contribution is -2.26. The molecule has 1 aromatic carbocycles. The SMILES string of the molecule is NC(Cc1nc2ccccc2s1)C1C2CCCCC21. The van der Waals surface area contributed by atoms with Crippen LogP contribution in [0, 0.1) is 17.8 Å². The second kappa shape index (κ2) is 4.57. The largest absolute Gasteiger partial charge is 0.327 e. The maximum absolute atomic E-state index is 6.46. The number of hydrogen-bond donors (Lipinski definition) is 1. The van der Waals surface area contributed by atoms with Crippen molar-refractivity contribution in [3.8, 4) is 0 Å². The summed E-state index contributed by atoms with van der Waals surface area (Å²) in [6, 6.07) is 8.71. The van der Waals surface area contributed by atoms with Gasteiger partial charge in [-0.25, -0.2) is 4.98 Å². The van der Waals surface area contributed by atoms with E-state index in [1.807, 2.05) is 11.3 Å². The molecule has 2 aromatic rings. The van der Waals surface area contributed by atoms with Crippen molar-refractivity contribution in [1.29, 1.82) is 0 Å². The number of rotatable bonds is 3. The smallest absolute Gasteiger partial charge is 0.0954 e. The number of nitrogens with zero attached hydrogens (tertiary/aromatic N) is 1. The number of benzene rings is 1. The third-order valence-corrected chi connectivity index (χ3v) is 6.02. The molecule has 0 radical (unpaired) electrons. The molecule has 2 fully saturated rings. The lowest BCUT2D eigenvalue weighted by molar-refractivity contribution is 0.480. The predicted molar refractivity (Wildman–Crippen MR) is 80.2 cm³/mol. The van der Waals surface area contributed by atoms with E-state index in [1.54, 1.807) is 0 Å². The van der Waals surface area contributed by atoms with Crippen LogP contribution >= 0.6 is 11.3 Å². The van der Waals surface area contributed by atoms with Gasteiger partial charge in [-0.2, -0.15) is 0 Å². The summed E-state index contributed by atoms with van der Waals surface area (Å²) in [6.07, 6.45) is 6.65. The van der Waals surface area contributed by atoms with Crippen LogP contribution in [0.5, 0.6) is 0 Å². The van der Waals surface area contributed by atoms with E-state index in [0.717, 1.165) is 29.7 Å². The molecule has 2 nitrogen and oxygen atoms in total. The van der Waals surface area contributed by atoms with Gasteiger partial charge in [-0.1, -0.05) is 25.0 Å². The van der Waals surface area contributed by atoms with Gasteiger partial charge < -0.3 is 5.73 Å². The molecule has 0 spiro atoms. The van der Waals surface area contributed by atoms with E-state index < -0.39 is 0 Å². The molecule has 0 amide bonds. The topological polar surface area (TPSA) is 38.9 Å². The zero-order valence-corrected chi connectivity index (χ0v) is 11.9. The second-order valence-corrected chi connectivity index (χ2v) is 7.25. The van der Waals surface area contributed by atoms with Gasteiger partial charge in [0.15, 0.2) is 0 Å². The molecule has 3 atom stereocenters. The first-order chi connectivity index (χ1) is 9.33. The van der Waals surface area contributed by atoms with E-state index in [0.29, 0.717) is 6.04 Å². The summed E-state index contributed by atoms with van der Waals surface area (Å²) < 4.78 is 1.29. The first-order valence-corrected chi connectivity index (χ1v) is 8.24. The highest BCUT2D eigenvalue weighted by Crippen LogP contribution is 2.56. The monoisotopic (exact) mass is 272 g/mol. The van der Waals surface area contributed by atoms with Crippen molar-refractivity contribution in [2.24, 2.45) is 23.5 Å². The van der Waals surface area contributed by atoms with Gasteiger partial charge in [-0.05, 0) is 42.7 Å². The van der Waals surface area contributed by atoms with Crippen LogP contribution < -0.4 is 5.73 Å². The Morgan fingerprint density at radius 2 is 1.95 bits per heavy atom. The normalized spacial score (nSPS) is 31.1. The average molecular weight is 272 g/mol. The van der Waals surface area contributed by atoms with Crippen LogP contribution in [-0.2, 0) is 6.42 Å².